The number of aromatic hydroxyl groups is 1. The molecule has 174 valence electrons. The fourth-order valence-electron chi connectivity index (χ4n) is 4.02. The highest BCUT2D eigenvalue weighted by Crippen LogP contribution is 2.30. The number of phenolic OH excluding ortho intramolecular Hbond substituents is 1. The third kappa shape index (κ3) is 4.60. The number of rotatable bonds is 8. The van der Waals surface area contributed by atoms with Crippen molar-refractivity contribution in [2.45, 2.75) is 13.0 Å². The van der Waals surface area contributed by atoms with E-state index in [1.165, 1.54) is 0 Å². The monoisotopic (exact) mass is 464 g/mol. The molecule has 0 aliphatic heterocycles. The molecule has 0 aliphatic rings. The van der Waals surface area contributed by atoms with E-state index in [1.54, 1.807) is 24.5 Å². The fraction of sp³-hybridized carbons (Fsp3) is 0.111. The number of carbonyl (C=O) groups is 1. The third-order valence-corrected chi connectivity index (χ3v) is 5.83. The average Bonchev–Trinajstić information content (AvgIpc) is 3.27. The Hall–Kier alpha value is -4.56. The van der Waals surface area contributed by atoms with Gasteiger partial charge in [0.05, 0.1) is 11.1 Å². The van der Waals surface area contributed by atoms with Gasteiger partial charge in [-0.05, 0) is 72.6 Å². The molecule has 3 aromatic heterocycles. The summed E-state index contributed by atoms with van der Waals surface area (Å²) in [6.07, 6.45) is 4.81. The molecule has 0 atom stereocenters. The molecule has 0 aliphatic carbocycles. The molecule has 0 bridgehead atoms. The van der Waals surface area contributed by atoms with Crippen LogP contribution >= 0.6 is 0 Å². The van der Waals surface area contributed by atoms with E-state index in [9.17, 15) is 9.90 Å². The van der Waals surface area contributed by atoms with Gasteiger partial charge in [0, 0.05) is 24.6 Å². The molecule has 0 spiro atoms. The van der Waals surface area contributed by atoms with Gasteiger partial charge in [0.2, 0.25) is 0 Å². The number of pyridine rings is 2. The Balaban J connectivity index is 1.32. The van der Waals surface area contributed by atoms with Crippen LogP contribution in [0.15, 0.2) is 79.1 Å². The first-order valence-electron chi connectivity index (χ1n) is 11.3. The Bertz CT molecular complexity index is 1490. The van der Waals surface area contributed by atoms with Gasteiger partial charge in [-0.3, -0.25) is 9.36 Å². The van der Waals surface area contributed by atoms with Gasteiger partial charge in [0.1, 0.15) is 17.1 Å². The SMILES string of the molecule is Nc1ncccc1-c1nc2cccnc2n1-c1ccc(CNCCc2ccc(C=O)c(O)c2)cc1. The highest BCUT2D eigenvalue weighted by atomic mass is 16.3. The highest BCUT2D eigenvalue weighted by molar-refractivity contribution is 5.82. The van der Waals surface area contributed by atoms with E-state index in [-0.39, 0.29) is 5.75 Å². The van der Waals surface area contributed by atoms with E-state index < -0.39 is 0 Å². The third-order valence-electron chi connectivity index (χ3n) is 5.83. The lowest BCUT2D eigenvalue weighted by Crippen LogP contribution is -2.16. The standard InChI is InChI=1S/C27H24N6O2/c28-25-22(3-1-12-30-25)26-32-23-4-2-13-31-27(23)33(26)21-9-6-19(7-10-21)16-29-14-11-18-5-8-20(17-34)24(35)15-18/h1-10,12-13,15,17,29,35H,11,14,16H2,(H2,28,30). The number of nitrogens with zero attached hydrogens (tertiary/aromatic N) is 4. The lowest BCUT2D eigenvalue weighted by Gasteiger charge is -2.11. The maximum Gasteiger partial charge on any atom is 0.164 e. The van der Waals surface area contributed by atoms with Crippen LogP contribution in [0.3, 0.4) is 0 Å². The van der Waals surface area contributed by atoms with E-state index in [0.29, 0.717) is 30.0 Å². The molecule has 0 saturated carbocycles. The summed E-state index contributed by atoms with van der Waals surface area (Å²) in [5.74, 6) is 1.13. The van der Waals surface area contributed by atoms with Gasteiger partial charge in [-0.15, -0.1) is 0 Å². The summed E-state index contributed by atoms with van der Waals surface area (Å²) in [7, 11) is 0. The number of nitrogens with one attached hydrogen (secondary N) is 1. The number of benzene rings is 2. The van der Waals surface area contributed by atoms with Crippen LogP contribution in [0.4, 0.5) is 5.82 Å². The van der Waals surface area contributed by atoms with E-state index in [4.69, 9.17) is 10.7 Å². The van der Waals surface area contributed by atoms with Crippen LogP contribution < -0.4 is 11.1 Å². The number of hydrogen-bond acceptors (Lipinski definition) is 7. The van der Waals surface area contributed by atoms with Gasteiger partial charge in [0.25, 0.3) is 0 Å². The summed E-state index contributed by atoms with van der Waals surface area (Å²) < 4.78 is 2.00. The van der Waals surface area contributed by atoms with Crippen LogP contribution in [-0.2, 0) is 13.0 Å². The predicted molar refractivity (Wildman–Crippen MR) is 135 cm³/mol. The number of carbonyl (C=O) groups excluding carboxylic acids is 1. The quantitative estimate of drug-likeness (QED) is 0.235. The van der Waals surface area contributed by atoms with Crippen molar-refractivity contribution in [2.24, 2.45) is 0 Å². The van der Waals surface area contributed by atoms with Crippen LogP contribution in [0, 0.1) is 0 Å². The van der Waals surface area contributed by atoms with Crippen molar-refractivity contribution in [2.75, 3.05) is 12.3 Å². The number of nitrogen functional groups attached to an aromatic ring is 1. The van der Waals surface area contributed by atoms with E-state index in [2.05, 4.69) is 27.4 Å². The lowest BCUT2D eigenvalue weighted by atomic mass is 10.1. The molecule has 2 aromatic carbocycles. The normalized spacial score (nSPS) is 11.1. The Morgan fingerprint density at radius 2 is 1.74 bits per heavy atom. The number of aldehydes is 1. The van der Waals surface area contributed by atoms with Gasteiger partial charge >= 0.3 is 0 Å². The number of aromatic nitrogens is 4. The molecule has 4 N–H and O–H groups in total. The van der Waals surface area contributed by atoms with Gasteiger partial charge < -0.3 is 16.2 Å². The molecule has 0 amide bonds. The first-order valence-corrected chi connectivity index (χ1v) is 11.3. The molecule has 3 heterocycles. The number of anilines is 1. The smallest absolute Gasteiger partial charge is 0.164 e. The molecule has 0 fully saturated rings. The number of phenols is 1. The Kier molecular flexibility index (Phi) is 6.19. The minimum atomic E-state index is 0.0158. The summed E-state index contributed by atoms with van der Waals surface area (Å²) in [4.78, 5) is 24.4. The maximum absolute atomic E-state index is 10.8. The molecule has 8 nitrogen and oxygen atoms in total. The second-order valence-corrected chi connectivity index (χ2v) is 8.16. The fourth-order valence-corrected chi connectivity index (χ4v) is 4.02. The number of hydrogen-bond donors (Lipinski definition) is 3. The summed E-state index contributed by atoms with van der Waals surface area (Å²) in [5.41, 5.74) is 11.8. The van der Waals surface area contributed by atoms with Gasteiger partial charge in [-0.1, -0.05) is 18.2 Å². The zero-order valence-corrected chi connectivity index (χ0v) is 18.9. The Labute approximate surface area is 202 Å². The predicted octanol–water partition coefficient (Wildman–Crippen LogP) is 3.92. The van der Waals surface area contributed by atoms with Crippen LogP contribution in [-0.4, -0.2) is 37.5 Å². The molecule has 5 aromatic rings. The van der Waals surface area contributed by atoms with Crippen molar-refractivity contribution in [3.63, 3.8) is 0 Å². The number of nitrogens with two attached hydrogens (primary N) is 1. The molecule has 0 saturated heterocycles. The number of imidazole rings is 1. The van der Waals surface area contributed by atoms with Crippen LogP contribution in [0.2, 0.25) is 0 Å². The molecular formula is C27H24N6O2. The van der Waals surface area contributed by atoms with Crippen molar-refractivity contribution in [3.05, 3.63) is 95.8 Å². The van der Waals surface area contributed by atoms with Crippen molar-refractivity contribution in [1.29, 1.82) is 0 Å². The zero-order valence-electron chi connectivity index (χ0n) is 18.9. The van der Waals surface area contributed by atoms with Gasteiger partial charge in [-0.2, -0.15) is 0 Å². The second kappa shape index (κ2) is 9.74. The summed E-state index contributed by atoms with van der Waals surface area (Å²) in [6, 6.07) is 20.9. The topological polar surface area (TPSA) is 119 Å². The van der Waals surface area contributed by atoms with E-state index in [1.807, 2.05) is 47.0 Å². The van der Waals surface area contributed by atoms with E-state index in [0.717, 1.165) is 46.5 Å². The molecule has 35 heavy (non-hydrogen) atoms. The average molecular weight is 465 g/mol. The van der Waals surface area contributed by atoms with Crippen molar-refractivity contribution in [3.8, 4) is 22.8 Å². The van der Waals surface area contributed by atoms with Crippen molar-refractivity contribution >= 4 is 23.3 Å². The zero-order chi connectivity index (χ0) is 24.2. The van der Waals surface area contributed by atoms with Crippen LogP contribution in [0.5, 0.6) is 5.75 Å². The van der Waals surface area contributed by atoms with Crippen molar-refractivity contribution in [1.82, 2.24) is 24.8 Å². The molecule has 0 radical (unpaired) electrons. The van der Waals surface area contributed by atoms with E-state index >= 15 is 0 Å². The lowest BCUT2D eigenvalue weighted by molar-refractivity contribution is 0.112. The van der Waals surface area contributed by atoms with Crippen LogP contribution in [0.1, 0.15) is 21.5 Å². The largest absolute Gasteiger partial charge is 0.507 e. The van der Waals surface area contributed by atoms with Crippen LogP contribution in [0.25, 0.3) is 28.2 Å². The molecule has 0 unspecified atom stereocenters. The van der Waals surface area contributed by atoms with Gasteiger partial charge in [-0.25, -0.2) is 15.0 Å². The molecule has 5 rings (SSSR count). The second-order valence-electron chi connectivity index (χ2n) is 8.16. The minimum Gasteiger partial charge on any atom is -0.507 e. The molecular weight excluding hydrogens is 440 g/mol. The minimum absolute atomic E-state index is 0.0158. The summed E-state index contributed by atoms with van der Waals surface area (Å²) in [5, 5.41) is 13.3. The maximum atomic E-state index is 10.8. The Morgan fingerprint density at radius 3 is 2.51 bits per heavy atom. The first-order chi connectivity index (χ1) is 17.1. The summed E-state index contributed by atoms with van der Waals surface area (Å²) in [6.45, 7) is 1.44. The summed E-state index contributed by atoms with van der Waals surface area (Å²) >= 11 is 0. The highest BCUT2D eigenvalue weighted by Gasteiger charge is 2.17. The number of fused-ring (bicyclic) bond motifs is 1. The molecule has 8 heteroatoms. The van der Waals surface area contributed by atoms with Gasteiger partial charge in [0.15, 0.2) is 17.8 Å². The van der Waals surface area contributed by atoms with Crippen molar-refractivity contribution < 1.29 is 9.90 Å². The first kappa shape index (κ1) is 22.2. The Morgan fingerprint density at radius 1 is 0.971 bits per heavy atom.